The van der Waals surface area contributed by atoms with Gasteiger partial charge in [-0.1, -0.05) is 18.2 Å². The average Bonchev–Trinajstić information content (AvgIpc) is 3.46. The second-order valence-electron chi connectivity index (χ2n) is 9.75. The smallest absolute Gasteiger partial charge is 0.242 e. The van der Waals surface area contributed by atoms with E-state index in [-0.39, 0.29) is 23.9 Å². The van der Waals surface area contributed by atoms with Crippen LogP contribution in [-0.4, -0.2) is 54.0 Å². The number of carbonyl (C=O) groups excluding carboxylic acids is 2. The number of piperazine rings is 1. The maximum atomic E-state index is 14.9. The third-order valence-electron chi connectivity index (χ3n) is 7.26. The van der Waals surface area contributed by atoms with Crippen molar-refractivity contribution in [2.45, 2.75) is 38.3 Å². The monoisotopic (exact) mass is 472 g/mol. The Morgan fingerprint density at radius 1 is 1.09 bits per heavy atom. The van der Waals surface area contributed by atoms with Crippen molar-refractivity contribution in [2.24, 2.45) is 5.92 Å². The lowest BCUT2D eigenvalue weighted by Gasteiger charge is -2.45. The molecule has 1 fully saturated rings. The summed E-state index contributed by atoms with van der Waals surface area (Å²) in [6.07, 6.45) is 7.77. The number of nitrogens with one attached hydrogen (secondary N) is 3. The van der Waals surface area contributed by atoms with Gasteiger partial charge < -0.3 is 25.3 Å². The fourth-order valence-electron chi connectivity index (χ4n) is 5.80. The highest BCUT2D eigenvalue weighted by Gasteiger charge is 2.55. The molecule has 1 aromatic heterocycles. The van der Waals surface area contributed by atoms with Gasteiger partial charge in [0.15, 0.2) is 0 Å². The quantitative estimate of drug-likeness (QED) is 0.638. The first-order chi connectivity index (χ1) is 16.8. The van der Waals surface area contributed by atoms with E-state index in [1.165, 1.54) is 0 Å². The number of H-pyrrole nitrogens is 1. The molecule has 2 aromatic rings. The summed E-state index contributed by atoms with van der Waals surface area (Å²) in [5, 5.41) is 6.54. The summed E-state index contributed by atoms with van der Waals surface area (Å²) in [5.41, 5.74) is 2.91. The number of hydrogen-bond donors (Lipinski definition) is 3. The SMILES string of the molecule is COc1ccc(C2(C(=O)N3C[C@@H](C)N[C@@H](C)C3)C(=Cc3ccc[nH]3)C=CC3=C2C(C)C(=O)N3)cc1. The largest absolute Gasteiger partial charge is 0.497 e. The van der Waals surface area contributed by atoms with Gasteiger partial charge in [0.1, 0.15) is 11.2 Å². The maximum Gasteiger partial charge on any atom is 0.242 e. The van der Waals surface area contributed by atoms with Crippen LogP contribution >= 0.6 is 0 Å². The van der Waals surface area contributed by atoms with Crippen LogP contribution in [0, 0.1) is 5.92 Å². The fraction of sp³-hybridized carbons (Fsp3) is 0.357. The summed E-state index contributed by atoms with van der Waals surface area (Å²) in [4.78, 5) is 33.0. The van der Waals surface area contributed by atoms with E-state index in [0.717, 1.165) is 22.4 Å². The average molecular weight is 473 g/mol. The van der Waals surface area contributed by atoms with Crippen LogP contribution in [-0.2, 0) is 15.0 Å². The Balaban J connectivity index is 1.78. The van der Waals surface area contributed by atoms with Gasteiger partial charge in [-0.15, -0.1) is 0 Å². The van der Waals surface area contributed by atoms with Gasteiger partial charge in [0.05, 0.1) is 13.0 Å². The number of rotatable bonds is 4. The molecule has 5 rings (SSSR count). The van der Waals surface area contributed by atoms with Crippen LogP contribution in [0.15, 0.2) is 71.6 Å². The number of amides is 2. The molecule has 4 atom stereocenters. The fourth-order valence-corrected chi connectivity index (χ4v) is 5.80. The Bertz CT molecular complexity index is 1220. The lowest BCUT2D eigenvalue weighted by Crippen LogP contribution is -2.60. The van der Waals surface area contributed by atoms with Gasteiger partial charge in [-0.25, -0.2) is 0 Å². The zero-order chi connectivity index (χ0) is 24.7. The van der Waals surface area contributed by atoms with Crippen molar-refractivity contribution >= 4 is 17.9 Å². The molecule has 1 aromatic carbocycles. The zero-order valence-electron chi connectivity index (χ0n) is 20.6. The summed E-state index contributed by atoms with van der Waals surface area (Å²) in [6, 6.07) is 11.9. The third-order valence-corrected chi connectivity index (χ3v) is 7.26. The number of methoxy groups -OCH3 is 1. The number of aromatic amines is 1. The predicted octanol–water partition coefficient (Wildman–Crippen LogP) is 3.14. The van der Waals surface area contributed by atoms with Crippen LogP contribution in [0.1, 0.15) is 32.0 Å². The first-order valence-electron chi connectivity index (χ1n) is 12.1. The van der Waals surface area contributed by atoms with Gasteiger partial charge in [-0.05, 0) is 73.9 Å². The van der Waals surface area contributed by atoms with Crippen LogP contribution < -0.4 is 15.4 Å². The van der Waals surface area contributed by atoms with Crippen molar-refractivity contribution in [1.29, 1.82) is 0 Å². The summed E-state index contributed by atoms with van der Waals surface area (Å²) >= 11 is 0. The normalized spacial score (nSPS) is 29.4. The number of allylic oxidation sites excluding steroid dienone is 2. The van der Waals surface area contributed by atoms with Crippen LogP contribution in [0.5, 0.6) is 5.75 Å². The van der Waals surface area contributed by atoms with Crippen LogP contribution in [0.2, 0.25) is 0 Å². The molecule has 2 aliphatic heterocycles. The molecule has 3 aliphatic rings. The van der Waals surface area contributed by atoms with Gasteiger partial charge in [0.2, 0.25) is 11.8 Å². The topological polar surface area (TPSA) is 86.5 Å². The highest BCUT2D eigenvalue weighted by Crippen LogP contribution is 2.51. The van der Waals surface area contributed by atoms with Crippen LogP contribution in [0.25, 0.3) is 6.08 Å². The Kier molecular flexibility index (Phi) is 5.89. The summed E-state index contributed by atoms with van der Waals surface area (Å²) in [5.74, 6) is 0.157. The number of carbonyl (C=O) groups is 2. The number of hydrogen-bond acceptors (Lipinski definition) is 4. The highest BCUT2D eigenvalue weighted by atomic mass is 16.5. The number of ether oxygens (including phenoxy) is 1. The number of nitrogens with zero attached hydrogens (tertiary/aromatic N) is 1. The molecule has 1 saturated heterocycles. The van der Waals surface area contributed by atoms with E-state index < -0.39 is 11.3 Å². The molecule has 0 spiro atoms. The van der Waals surface area contributed by atoms with E-state index in [2.05, 4.69) is 29.5 Å². The lowest BCUT2D eigenvalue weighted by atomic mass is 9.62. The minimum atomic E-state index is -1.16. The van der Waals surface area contributed by atoms with Crippen molar-refractivity contribution in [3.63, 3.8) is 0 Å². The molecule has 2 unspecified atom stereocenters. The minimum absolute atomic E-state index is 0.0131. The third kappa shape index (κ3) is 3.80. The summed E-state index contributed by atoms with van der Waals surface area (Å²) < 4.78 is 5.42. The van der Waals surface area contributed by atoms with E-state index in [9.17, 15) is 9.59 Å². The van der Waals surface area contributed by atoms with E-state index in [0.29, 0.717) is 24.5 Å². The minimum Gasteiger partial charge on any atom is -0.497 e. The van der Waals surface area contributed by atoms with E-state index in [4.69, 9.17) is 4.74 Å². The molecule has 3 N–H and O–H groups in total. The van der Waals surface area contributed by atoms with Crippen molar-refractivity contribution in [3.05, 3.63) is 82.8 Å². The predicted molar refractivity (Wildman–Crippen MR) is 136 cm³/mol. The lowest BCUT2D eigenvalue weighted by molar-refractivity contribution is -0.136. The first-order valence-corrected chi connectivity index (χ1v) is 12.1. The van der Waals surface area contributed by atoms with Crippen molar-refractivity contribution in [2.75, 3.05) is 20.2 Å². The molecule has 2 amide bonds. The van der Waals surface area contributed by atoms with Gasteiger partial charge >= 0.3 is 0 Å². The van der Waals surface area contributed by atoms with Crippen LogP contribution in [0.3, 0.4) is 0 Å². The maximum absolute atomic E-state index is 14.9. The first kappa shape index (κ1) is 23.2. The molecular formula is C28H32N4O3. The Hall–Kier alpha value is -3.58. The Morgan fingerprint density at radius 2 is 1.80 bits per heavy atom. The zero-order valence-corrected chi connectivity index (χ0v) is 20.6. The molecular weight excluding hydrogens is 440 g/mol. The molecule has 1 aliphatic carbocycles. The number of aromatic nitrogens is 1. The van der Waals surface area contributed by atoms with E-state index in [1.54, 1.807) is 7.11 Å². The van der Waals surface area contributed by atoms with Gasteiger partial charge in [-0.3, -0.25) is 9.59 Å². The highest BCUT2D eigenvalue weighted by molar-refractivity contribution is 6.03. The molecule has 0 radical (unpaired) electrons. The molecule has 0 bridgehead atoms. The molecule has 3 heterocycles. The van der Waals surface area contributed by atoms with Crippen molar-refractivity contribution < 1.29 is 14.3 Å². The number of benzene rings is 1. The Morgan fingerprint density at radius 3 is 2.43 bits per heavy atom. The molecule has 0 saturated carbocycles. The second kappa shape index (κ2) is 8.89. The van der Waals surface area contributed by atoms with Crippen LogP contribution in [0.4, 0.5) is 0 Å². The Labute approximate surface area is 205 Å². The molecule has 7 heteroatoms. The molecule has 182 valence electrons. The summed E-state index contributed by atoms with van der Waals surface area (Å²) in [6.45, 7) is 7.27. The molecule has 35 heavy (non-hydrogen) atoms. The van der Waals surface area contributed by atoms with E-state index in [1.807, 2.05) is 72.6 Å². The van der Waals surface area contributed by atoms with Crippen molar-refractivity contribution in [1.82, 2.24) is 20.5 Å². The van der Waals surface area contributed by atoms with Gasteiger partial charge in [0, 0.05) is 42.8 Å². The standard InChI is InChI=1S/C28H32N4O3/c1-17-15-32(16-18(2)30-17)27(34)28(20-7-10-23(35-4)11-8-20)21(14-22-6-5-13-29-22)9-12-24-25(28)19(3)26(33)31-24/h5-14,17-19,29-30H,15-16H2,1-4H3,(H,31,33)/t17-,18+,19?,28?. The van der Waals surface area contributed by atoms with Gasteiger partial charge in [0.25, 0.3) is 0 Å². The van der Waals surface area contributed by atoms with Gasteiger partial charge in [-0.2, -0.15) is 0 Å². The molecule has 7 nitrogen and oxygen atoms in total. The van der Waals surface area contributed by atoms with E-state index >= 15 is 0 Å². The van der Waals surface area contributed by atoms with Crippen molar-refractivity contribution in [3.8, 4) is 5.75 Å². The second-order valence-corrected chi connectivity index (χ2v) is 9.75. The summed E-state index contributed by atoms with van der Waals surface area (Å²) in [7, 11) is 1.63.